The molecule has 1 aromatic carbocycles. The summed E-state index contributed by atoms with van der Waals surface area (Å²) in [7, 11) is 2.00. The Balaban J connectivity index is 1.34. The van der Waals surface area contributed by atoms with E-state index in [9.17, 15) is 13.2 Å². The van der Waals surface area contributed by atoms with Gasteiger partial charge in [-0.05, 0) is 31.0 Å². The third-order valence-corrected chi connectivity index (χ3v) is 5.52. The summed E-state index contributed by atoms with van der Waals surface area (Å²) in [6.07, 6.45) is 3.81. The first-order valence-corrected chi connectivity index (χ1v) is 9.89. The highest BCUT2D eigenvalue weighted by Crippen LogP contribution is 2.31. The van der Waals surface area contributed by atoms with E-state index in [-0.39, 0.29) is 6.10 Å². The molecule has 0 unspecified atom stereocenters. The van der Waals surface area contributed by atoms with Crippen LogP contribution in [-0.4, -0.2) is 50.9 Å². The van der Waals surface area contributed by atoms with Crippen molar-refractivity contribution in [3.05, 3.63) is 48.7 Å². The fraction of sp³-hybridized carbons (Fsp3) is 0.476. The molecule has 0 spiro atoms. The summed E-state index contributed by atoms with van der Waals surface area (Å²) >= 11 is 0. The number of imidazole rings is 1. The van der Waals surface area contributed by atoms with Gasteiger partial charge in [0, 0.05) is 57.1 Å². The third kappa shape index (κ3) is 4.75. The topological polar surface area (TPSA) is 35.2 Å². The van der Waals surface area contributed by atoms with Crippen LogP contribution in [-0.2, 0) is 20.0 Å². The van der Waals surface area contributed by atoms with Gasteiger partial charge in [0.15, 0.2) is 0 Å². The standard InChI is InChI=1S/C21H25F3N4O/c1-26-14-9-25-20(26)8-12-27-10-5-16(6-11-27)29-19-4-2-3-18-17(19)7-13-28(18)15-21(22,23)24/h2-4,7,9,13-14,16H,5-6,8,10-12,15H2,1H3. The number of nitrogens with zero attached hydrogens (tertiary/aromatic N) is 4. The maximum Gasteiger partial charge on any atom is 0.406 e. The zero-order chi connectivity index (χ0) is 20.4. The molecule has 1 aliphatic rings. The Morgan fingerprint density at radius 1 is 1.14 bits per heavy atom. The number of ether oxygens (including phenoxy) is 1. The molecular formula is C21H25F3N4O. The number of alkyl halides is 3. The Morgan fingerprint density at radius 3 is 2.62 bits per heavy atom. The molecule has 4 rings (SSSR count). The Labute approximate surface area is 167 Å². The van der Waals surface area contributed by atoms with Crippen molar-refractivity contribution >= 4 is 10.9 Å². The second-order valence-corrected chi connectivity index (χ2v) is 7.61. The number of hydrogen-bond donors (Lipinski definition) is 0. The molecule has 2 aromatic heterocycles. The largest absolute Gasteiger partial charge is 0.490 e. The number of piperidine rings is 1. The lowest BCUT2D eigenvalue weighted by molar-refractivity contribution is -0.139. The number of benzene rings is 1. The summed E-state index contributed by atoms with van der Waals surface area (Å²) in [4.78, 5) is 6.77. The van der Waals surface area contributed by atoms with Crippen LogP contribution in [0.3, 0.4) is 0 Å². The van der Waals surface area contributed by atoms with Gasteiger partial charge in [0.2, 0.25) is 0 Å². The van der Waals surface area contributed by atoms with Gasteiger partial charge in [-0.3, -0.25) is 0 Å². The van der Waals surface area contributed by atoms with E-state index >= 15 is 0 Å². The predicted octanol–water partition coefficient (Wildman–Crippen LogP) is 4.02. The Kier molecular flexibility index (Phi) is 5.54. The van der Waals surface area contributed by atoms with Crippen molar-refractivity contribution in [2.24, 2.45) is 7.05 Å². The van der Waals surface area contributed by atoms with E-state index in [0.717, 1.165) is 50.1 Å². The van der Waals surface area contributed by atoms with Crippen molar-refractivity contribution in [1.82, 2.24) is 19.0 Å². The molecule has 156 valence electrons. The van der Waals surface area contributed by atoms with E-state index in [1.165, 1.54) is 10.8 Å². The van der Waals surface area contributed by atoms with E-state index in [0.29, 0.717) is 11.3 Å². The average Bonchev–Trinajstić information content (AvgIpc) is 3.27. The van der Waals surface area contributed by atoms with Crippen LogP contribution < -0.4 is 4.74 Å². The van der Waals surface area contributed by atoms with Crippen LogP contribution in [0.1, 0.15) is 18.7 Å². The quantitative estimate of drug-likeness (QED) is 0.620. The number of aryl methyl sites for hydroxylation is 1. The zero-order valence-electron chi connectivity index (χ0n) is 16.4. The smallest absolute Gasteiger partial charge is 0.406 e. The van der Waals surface area contributed by atoms with Crippen LogP contribution in [0.15, 0.2) is 42.9 Å². The SMILES string of the molecule is Cn1ccnc1CCN1CCC(Oc2cccc3c2ccn3CC(F)(F)F)CC1. The maximum absolute atomic E-state index is 12.8. The fourth-order valence-corrected chi connectivity index (χ4v) is 3.95. The Hall–Kier alpha value is -2.48. The number of halogens is 3. The van der Waals surface area contributed by atoms with Crippen molar-refractivity contribution in [3.63, 3.8) is 0 Å². The molecule has 1 fully saturated rings. The van der Waals surface area contributed by atoms with Crippen molar-refractivity contribution < 1.29 is 17.9 Å². The molecule has 0 atom stereocenters. The predicted molar refractivity (Wildman–Crippen MR) is 105 cm³/mol. The van der Waals surface area contributed by atoms with Crippen LogP contribution in [0.25, 0.3) is 10.9 Å². The molecule has 3 aromatic rings. The minimum Gasteiger partial charge on any atom is -0.490 e. The van der Waals surface area contributed by atoms with E-state index < -0.39 is 12.7 Å². The second kappa shape index (κ2) is 8.10. The summed E-state index contributed by atoms with van der Waals surface area (Å²) in [5.41, 5.74) is 0.548. The van der Waals surface area contributed by atoms with E-state index in [1.54, 1.807) is 18.2 Å². The summed E-state index contributed by atoms with van der Waals surface area (Å²) in [5, 5.41) is 0.731. The average molecular weight is 406 g/mol. The monoisotopic (exact) mass is 406 g/mol. The number of rotatable bonds is 6. The number of likely N-dealkylation sites (tertiary alicyclic amines) is 1. The van der Waals surface area contributed by atoms with Crippen LogP contribution in [0.5, 0.6) is 5.75 Å². The first-order chi connectivity index (χ1) is 13.9. The van der Waals surface area contributed by atoms with Gasteiger partial charge < -0.3 is 18.8 Å². The van der Waals surface area contributed by atoms with Gasteiger partial charge in [-0.1, -0.05) is 6.07 Å². The summed E-state index contributed by atoms with van der Waals surface area (Å²) in [6, 6.07) is 7.01. The van der Waals surface area contributed by atoms with Crippen molar-refractivity contribution in [2.75, 3.05) is 19.6 Å². The highest BCUT2D eigenvalue weighted by atomic mass is 19.4. The lowest BCUT2D eigenvalue weighted by atomic mass is 10.1. The highest BCUT2D eigenvalue weighted by Gasteiger charge is 2.28. The summed E-state index contributed by atoms with van der Waals surface area (Å²) < 4.78 is 47.8. The first kappa shape index (κ1) is 19.8. The molecule has 0 radical (unpaired) electrons. The van der Waals surface area contributed by atoms with Crippen LogP contribution in [0.2, 0.25) is 0 Å². The highest BCUT2D eigenvalue weighted by molar-refractivity contribution is 5.86. The van der Waals surface area contributed by atoms with Crippen molar-refractivity contribution in [3.8, 4) is 5.75 Å². The molecule has 1 aliphatic heterocycles. The number of fused-ring (bicyclic) bond motifs is 1. The molecule has 0 amide bonds. The van der Waals surface area contributed by atoms with Gasteiger partial charge in [0.1, 0.15) is 24.2 Å². The van der Waals surface area contributed by atoms with E-state index in [2.05, 4.69) is 9.88 Å². The third-order valence-electron chi connectivity index (χ3n) is 5.52. The fourth-order valence-electron chi connectivity index (χ4n) is 3.95. The molecule has 0 bridgehead atoms. The normalized spacial score (nSPS) is 16.6. The van der Waals surface area contributed by atoms with Crippen LogP contribution in [0.4, 0.5) is 13.2 Å². The van der Waals surface area contributed by atoms with Gasteiger partial charge in [0.05, 0.1) is 5.52 Å². The van der Waals surface area contributed by atoms with Gasteiger partial charge in [0.25, 0.3) is 0 Å². The summed E-state index contributed by atoms with van der Waals surface area (Å²) in [5.74, 6) is 1.74. The Morgan fingerprint density at radius 2 is 1.93 bits per heavy atom. The molecule has 3 heterocycles. The molecule has 5 nitrogen and oxygen atoms in total. The van der Waals surface area contributed by atoms with Crippen LogP contribution >= 0.6 is 0 Å². The zero-order valence-corrected chi connectivity index (χ0v) is 16.4. The van der Waals surface area contributed by atoms with E-state index in [4.69, 9.17) is 4.74 Å². The lowest BCUT2D eigenvalue weighted by Crippen LogP contribution is -2.39. The second-order valence-electron chi connectivity index (χ2n) is 7.61. The first-order valence-electron chi connectivity index (χ1n) is 9.89. The van der Waals surface area contributed by atoms with E-state index in [1.807, 2.05) is 30.1 Å². The Bertz CT molecular complexity index is 954. The lowest BCUT2D eigenvalue weighted by Gasteiger charge is -2.32. The number of hydrogen-bond acceptors (Lipinski definition) is 3. The van der Waals surface area contributed by atoms with Gasteiger partial charge in [-0.2, -0.15) is 13.2 Å². The molecule has 0 saturated carbocycles. The van der Waals surface area contributed by atoms with Crippen molar-refractivity contribution in [2.45, 2.75) is 38.1 Å². The van der Waals surface area contributed by atoms with Gasteiger partial charge in [-0.25, -0.2) is 4.98 Å². The van der Waals surface area contributed by atoms with Crippen molar-refractivity contribution in [1.29, 1.82) is 0 Å². The molecule has 0 N–H and O–H groups in total. The number of aromatic nitrogens is 3. The molecule has 29 heavy (non-hydrogen) atoms. The molecule has 8 heteroatoms. The molecular weight excluding hydrogens is 381 g/mol. The minimum atomic E-state index is -4.25. The minimum absolute atomic E-state index is 0.0796. The molecule has 0 aliphatic carbocycles. The molecule has 1 saturated heterocycles. The van der Waals surface area contributed by atoms with Crippen LogP contribution in [0, 0.1) is 0 Å². The van der Waals surface area contributed by atoms with Gasteiger partial charge in [-0.15, -0.1) is 0 Å². The summed E-state index contributed by atoms with van der Waals surface area (Å²) in [6.45, 7) is 1.86. The van der Waals surface area contributed by atoms with Gasteiger partial charge >= 0.3 is 6.18 Å². The maximum atomic E-state index is 12.8.